The first-order chi connectivity index (χ1) is 34.5. The monoisotopic (exact) mass is 969 g/mol. The lowest BCUT2D eigenvalue weighted by Gasteiger charge is -2.18. The molecule has 0 aromatic carbocycles. The second-order valence-electron chi connectivity index (χ2n) is 18.4. The lowest BCUT2D eigenvalue weighted by atomic mass is 10.1. The molecule has 0 aliphatic heterocycles. The lowest BCUT2D eigenvalue weighted by Crippen LogP contribution is -2.30. The van der Waals surface area contributed by atoms with E-state index in [0.29, 0.717) is 19.3 Å². The summed E-state index contributed by atoms with van der Waals surface area (Å²) in [4.78, 5) is 38.2. The number of rotatable bonds is 50. The number of hydrogen-bond acceptors (Lipinski definition) is 6. The minimum absolute atomic E-state index is 0.105. The average molecular weight is 970 g/mol. The van der Waals surface area contributed by atoms with Gasteiger partial charge in [-0.3, -0.25) is 14.4 Å². The predicted octanol–water partition coefficient (Wildman–Crippen LogP) is 19.3. The zero-order valence-corrected chi connectivity index (χ0v) is 45.2. The fourth-order valence-corrected chi connectivity index (χ4v) is 7.45. The van der Waals surface area contributed by atoms with E-state index in [-0.39, 0.29) is 31.1 Å². The molecule has 1 atom stereocenters. The number of ether oxygens (including phenoxy) is 3. The van der Waals surface area contributed by atoms with Crippen LogP contribution in [0, 0.1) is 0 Å². The van der Waals surface area contributed by atoms with Gasteiger partial charge in [0, 0.05) is 19.3 Å². The Morgan fingerprint density at radius 1 is 0.300 bits per heavy atom. The Morgan fingerprint density at radius 3 is 0.900 bits per heavy atom. The standard InChI is InChI=1S/C64H104O6/c1-4-7-10-13-16-19-22-25-28-30-32-34-36-39-42-45-48-51-54-57-63(66)69-60-61(59-68-62(65)56-53-50-47-44-41-38-35-27-24-21-18-15-12-9-6-3)70-64(67)58-55-52-49-46-43-40-37-33-31-29-26-23-20-17-14-11-8-5-2/h7,9-10,12,16,18-21,23,25,27-29,31-32,34-35,41,44,61H,4-6,8,11,13-15,17,22,24,26,30,33,36-40,42-43,45-60H2,1-3H3/b10-7-,12-9-,19-16-,21-18-,23-20-,28-25-,31-29-,34-32-,35-27-,44-41-. The van der Waals surface area contributed by atoms with Crippen molar-refractivity contribution in [1.29, 1.82) is 0 Å². The van der Waals surface area contributed by atoms with Crippen LogP contribution in [0.15, 0.2) is 122 Å². The van der Waals surface area contributed by atoms with E-state index in [1.165, 1.54) is 70.6 Å². The fourth-order valence-electron chi connectivity index (χ4n) is 7.45. The number of esters is 3. The average Bonchev–Trinajstić information content (AvgIpc) is 3.36. The zero-order valence-electron chi connectivity index (χ0n) is 45.2. The van der Waals surface area contributed by atoms with Gasteiger partial charge >= 0.3 is 17.9 Å². The van der Waals surface area contributed by atoms with E-state index < -0.39 is 6.10 Å². The van der Waals surface area contributed by atoms with Gasteiger partial charge in [0.25, 0.3) is 0 Å². The first-order valence-corrected chi connectivity index (χ1v) is 28.5. The van der Waals surface area contributed by atoms with Gasteiger partial charge in [0.15, 0.2) is 6.10 Å². The van der Waals surface area contributed by atoms with Gasteiger partial charge in [-0.05, 0) is 128 Å². The molecule has 0 radical (unpaired) electrons. The Bertz CT molecular complexity index is 1490. The topological polar surface area (TPSA) is 78.9 Å². The molecule has 0 aliphatic rings. The molecule has 0 heterocycles. The molecule has 0 spiro atoms. The van der Waals surface area contributed by atoms with Crippen molar-refractivity contribution in [2.45, 2.75) is 252 Å². The van der Waals surface area contributed by atoms with Gasteiger partial charge in [0.05, 0.1) is 0 Å². The first kappa shape index (κ1) is 65.8. The van der Waals surface area contributed by atoms with Crippen molar-refractivity contribution >= 4 is 17.9 Å². The summed E-state index contributed by atoms with van der Waals surface area (Å²) >= 11 is 0. The molecule has 0 N–H and O–H groups in total. The van der Waals surface area contributed by atoms with Crippen molar-refractivity contribution in [1.82, 2.24) is 0 Å². The van der Waals surface area contributed by atoms with Crippen LogP contribution in [0.3, 0.4) is 0 Å². The maximum atomic E-state index is 12.9. The van der Waals surface area contributed by atoms with Crippen molar-refractivity contribution in [3.63, 3.8) is 0 Å². The van der Waals surface area contributed by atoms with Crippen LogP contribution in [-0.2, 0) is 28.6 Å². The Kier molecular flexibility index (Phi) is 54.0. The molecule has 0 saturated carbocycles. The third kappa shape index (κ3) is 54.7. The zero-order chi connectivity index (χ0) is 50.7. The summed E-state index contributed by atoms with van der Waals surface area (Å²) in [5, 5.41) is 0. The third-order valence-corrected chi connectivity index (χ3v) is 11.7. The number of allylic oxidation sites excluding steroid dienone is 20. The van der Waals surface area contributed by atoms with E-state index in [2.05, 4.69) is 142 Å². The maximum Gasteiger partial charge on any atom is 0.306 e. The highest BCUT2D eigenvalue weighted by Gasteiger charge is 2.19. The molecule has 0 saturated heterocycles. The van der Waals surface area contributed by atoms with Crippen molar-refractivity contribution in [2.75, 3.05) is 13.2 Å². The van der Waals surface area contributed by atoms with Crippen LogP contribution in [-0.4, -0.2) is 37.2 Å². The summed E-state index contributed by atoms with van der Waals surface area (Å²) in [6, 6.07) is 0. The van der Waals surface area contributed by atoms with Gasteiger partial charge < -0.3 is 14.2 Å². The highest BCUT2D eigenvalue weighted by Crippen LogP contribution is 2.14. The highest BCUT2D eigenvalue weighted by molar-refractivity contribution is 5.71. The van der Waals surface area contributed by atoms with E-state index in [0.717, 1.165) is 135 Å². The van der Waals surface area contributed by atoms with E-state index >= 15 is 0 Å². The van der Waals surface area contributed by atoms with Gasteiger partial charge in [0.2, 0.25) is 0 Å². The van der Waals surface area contributed by atoms with Crippen LogP contribution in [0.4, 0.5) is 0 Å². The Hall–Kier alpha value is -4.19. The molecule has 6 heteroatoms. The van der Waals surface area contributed by atoms with Crippen molar-refractivity contribution in [2.24, 2.45) is 0 Å². The largest absolute Gasteiger partial charge is 0.462 e. The minimum atomic E-state index is -0.810. The van der Waals surface area contributed by atoms with Crippen molar-refractivity contribution in [3.05, 3.63) is 122 Å². The van der Waals surface area contributed by atoms with Crippen LogP contribution in [0.1, 0.15) is 245 Å². The molecule has 0 aromatic heterocycles. The van der Waals surface area contributed by atoms with Gasteiger partial charge in [-0.15, -0.1) is 0 Å². The summed E-state index contributed by atoms with van der Waals surface area (Å²) in [6.07, 6.45) is 79.0. The van der Waals surface area contributed by atoms with E-state index in [9.17, 15) is 14.4 Å². The Balaban J connectivity index is 4.50. The molecule has 396 valence electrons. The fraction of sp³-hybridized carbons (Fsp3) is 0.641. The molecule has 1 unspecified atom stereocenters. The SMILES string of the molecule is CC/C=C\C/C=C\C/C=C\C/C=C\CCCCCCCCC(=O)OCC(COC(=O)CCCC/C=C\C/C=C\C/C=C\C/C=C\CC)OC(=O)CCCCCCCCC/C=C\C/C=C\CCCCCC. The summed E-state index contributed by atoms with van der Waals surface area (Å²) in [6.45, 7) is 6.34. The normalized spacial score (nSPS) is 13.0. The van der Waals surface area contributed by atoms with Crippen LogP contribution in [0.2, 0.25) is 0 Å². The molecule has 0 aliphatic carbocycles. The maximum absolute atomic E-state index is 12.9. The Labute approximate surface area is 431 Å². The van der Waals surface area contributed by atoms with Crippen LogP contribution >= 0.6 is 0 Å². The van der Waals surface area contributed by atoms with Crippen molar-refractivity contribution < 1.29 is 28.6 Å². The molecular weight excluding hydrogens is 865 g/mol. The predicted molar refractivity (Wildman–Crippen MR) is 302 cm³/mol. The molecule has 0 fully saturated rings. The lowest BCUT2D eigenvalue weighted by molar-refractivity contribution is -0.167. The van der Waals surface area contributed by atoms with E-state index in [1.54, 1.807) is 0 Å². The number of carbonyl (C=O) groups excluding carboxylic acids is 3. The quantitative estimate of drug-likeness (QED) is 0.0262. The van der Waals surface area contributed by atoms with Crippen LogP contribution in [0.25, 0.3) is 0 Å². The molecule has 70 heavy (non-hydrogen) atoms. The van der Waals surface area contributed by atoms with Gasteiger partial charge in [-0.25, -0.2) is 0 Å². The van der Waals surface area contributed by atoms with Crippen molar-refractivity contribution in [3.8, 4) is 0 Å². The van der Waals surface area contributed by atoms with E-state index in [1.807, 2.05) is 0 Å². The highest BCUT2D eigenvalue weighted by atomic mass is 16.6. The summed E-state index contributed by atoms with van der Waals surface area (Å²) in [5.74, 6) is -0.970. The van der Waals surface area contributed by atoms with E-state index in [4.69, 9.17) is 14.2 Å². The van der Waals surface area contributed by atoms with Crippen LogP contribution < -0.4 is 0 Å². The molecule has 0 bridgehead atoms. The molecular formula is C64H104O6. The summed E-state index contributed by atoms with van der Waals surface area (Å²) in [5.41, 5.74) is 0. The van der Waals surface area contributed by atoms with Gasteiger partial charge in [-0.2, -0.15) is 0 Å². The Morgan fingerprint density at radius 2 is 0.557 bits per heavy atom. The minimum Gasteiger partial charge on any atom is -0.462 e. The first-order valence-electron chi connectivity index (χ1n) is 28.5. The second kappa shape index (κ2) is 57.4. The summed E-state index contributed by atoms with van der Waals surface area (Å²) in [7, 11) is 0. The summed E-state index contributed by atoms with van der Waals surface area (Å²) < 4.78 is 16.8. The molecule has 6 nitrogen and oxygen atoms in total. The number of hydrogen-bond donors (Lipinski definition) is 0. The third-order valence-electron chi connectivity index (χ3n) is 11.7. The van der Waals surface area contributed by atoms with Crippen LogP contribution in [0.5, 0.6) is 0 Å². The second-order valence-corrected chi connectivity index (χ2v) is 18.4. The molecule has 0 amide bonds. The van der Waals surface area contributed by atoms with Gasteiger partial charge in [-0.1, -0.05) is 219 Å². The molecule has 0 aromatic rings. The smallest absolute Gasteiger partial charge is 0.306 e. The van der Waals surface area contributed by atoms with Gasteiger partial charge in [0.1, 0.15) is 13.2 Å². The number of unbranched alkanes of at least 4 members (excludes halogenated alkanes) is 19. The number of carbonyl (C=O) groups is 3. The molecule has 0 rings (SSSR count).